The summed E-state index contributed by atoms with van der Waals surface area (Å²) in [6, 6.07) is -4.45. The molecular weight excluding hydrogens is 580 g/mol. The third kappa shape index (κ3) is 13.7. The fraction of sp³-hybridized carbons (Fsp3) is 0.692. The fourth-order valence-electron chi connectivity index (χ4n) is 4.55. The molecule has 1 rings (SSSR count). The number of carbonyl (C=O) groups is 7. The van der Waals surface area contributed by atoms with Gasteiger partial charge in [-0.2, -0.15) is 0 Å². The minimum Gasteiger partial charge on any atom is -0.480 e. The van der Waals surface area contributed by atoms with Gasteiger partial charge in [-0.05, 0) is 44.4 Å². The molecule has 248 valence electrons. The van der Waals surface area contributed by atoms with Crippen molar-refractivity contribution in [3.05, 3.63) is 0 Å². The number of carbonyl (C=O) groups excluding carboxylic acids is 6. The van der Waals surface area contributed by atoms with Crippen LogP contribution in [-0.2, 0) is 33.6 Å². The van der Waals surface area contributed by atoms with Gasteiger partial charge < -0.3 is 54.2 Å². The highest BCUT2D eigenvalue weighted by Gasteiger charge is 2.35. The number of hydrogen-bond donors (Lipinski definition) is 9. The van der Waals surface area contributed by atoms with Gasteiger partial charge in [-0.15, -0.1) is 0 Å². The smallest absolute Gasteiger partial charge is 0.326 e. The Morgan fingerprint density at radius 3 is 2.18 bits per heavy atom. The molecular formula is C26H46N10O8. The van der Waals surface area contributed by atoms with Crippen LogP contribution in [0.3, 0.4) is 0 Å². The molecule has 13 N–H and O–H groups in total. The second-order valence-electron chi connectivity index (χ2n) is 10.8. The molecule has 0 bridgehead atoms. The van der Waals surface area contributed by atoms with Gasteiger partial charge in [0, 0.05) is 19.5 Å². The molecule has 1 fully saturated rings. The Morgan fingerprint density at radius 1 is 0.932 bits per heavy atom. The molecule has 0 saturated carbocycles. The Balaban J connectivity index is 2.85. The van der Waals surface area contributed by atoms with Crippen molar-refractivity contribution < 1.29 is 38.7 Å². The first-order chi connectivity index (χ1) is 20.7. The first kappa shape index (κ1) is 37.5. The zero-order valence-electron chi connectivity index (χ0n) is 25.2. The zero-order valence-corrected chi connectivity index (χ0v) is 25.2. The topological polar surface area (TPSA) is 308 Å². The van der Waals surface area contributed by atoms with Gasteiger partial charge in [0.1, 0.15) is 24.2 Å². The summed E-state index contributed by atoms with van der Waals surface area (Å²) in [5.41, 5.74) is 21.2. The van der Waals surface area contributed by atoms with Crippen molar-refractivity contribution in [3.63, 3.8) is 0 Å². The van der Waals surface area contributed by atoms with Gasteiger partial charge in [0.05, 0.1) is 13.1 Å². The van der Waals surface area contributed by atoms with E-state index in [9.17, 15) is 38.7 Å². The zero-order chi connectivity index (χ0) is 33.4. The van der Waals surface area contributed by atoms with Gasteiger partial charge in [0.25, 0.3) is 0 Å². The maximum absolute atomic E-state index is 12.9. The number of rotatable bonds is 19. The number of nitrogens with zero attached hydrogens (tertiary/aromatic N) is 2. The van der Waals surface area contributed by atoms with E-state index in [0.29, 0.717) is 19.4 Å². The quantitative estimate of drug-likeness (QED) is 0.0377. The molecule has 4 atom stereocenters. The van der Waals surface area contributed by atoms with Crippen LogP contribution >= 0.6 is 0 Å². The fourth-order valence-corrected chi connectivity index (χ4v) is 4.55. The molecule has 6 amide bonds. The third-order valence-electron chi connectivity index (χ3n) is 6.70. The molecule has 1 aliphatic heterocycles. The number of amides is 6. The number of likely N-dealkylation sites (tertiary alicyclic amines) is 1. The molecule has 0 aliphatic carbocycles. The van der Waals surface area contributed by atoms with Crippen molar-refractivity contribution in [2.24, 2.45) is 33.8 Å². The molecule has 0 aromatic rings. The van der Waals surface area contributed by atoms with Crippen LogP contribution in [0.4, 0.5) is 0 Å². The van der Waals surface area contributed by atoms with Crippen LogP contribution < -0.4 is 44.2 Å². The van der Waals surface area contributed by atoms with Gasteiger partial charge in [-0.25, -0.2) is 4.79 Å². The van der Waals surface area contributed by atoms with E-state index >= 15 is 0 Å². The Morgan fingerprint density at radius 2 is 1.61 bits per heavy atom. The predicted octanol–water partition coefficient (Wildman–Crippen LogP) is -4.04. The monoisotopic (exact) mass is 626 g/mol. The molecule has 0 unspecified atom stereocenters. The maximum Gasteiger partial charge on any atom is 0.326 e. The standard InChI is InChI=1S/C26H46N10O8/c1-14(2)11-17(23(41)35-16(25(43)44)5-3-9-31-26(29)30)33-20(38)13-32-22(40)15(7-8-19(28)37)34-24(42)18-6-4-10-36(18)21(39)12-27/h14-18H,3-13,27H2,1-2H3,(H2,28,37)(H,32,40)(H,33,38)(H,34,42)(H,35,41)(H,43,44)(H4,29,30,31)/t15-,16-,17-,18-/m0/s1. The van der Waals surface area contributed by atoms with Gasteiger partial charge in [-0.1, -0.05) is 13.8 Å². The second-order valence-corrected chi connectivity index (χ2v) is 10.8. The molecule has 18 heteroatoms. The van der Waals surface area contributed by atoms with Crippen LogP contribution in [0.15, 0.2) is 4.99 Å². The molecule has 18 nitrogen and oxygen atoms in total. The van der Waals surface area contributed by atoms with E-state index in [2.05, 4.69) is 26.3 Å². The van der Waals surface area contributed by atoms with E-state index in [1.165, 1.54) is 4.90 Å². The first-order valence-corrected chi connectivity index (χ1v) is 14.4. The van der Waals surface area contributed by atoms with E-state index in [1.807, 2.05) is 0 Å². The maximum atomic E-state index is 12.9. The minimum atomic E-state index is -1.28. The molecule has 0 radical (unpaired) electrons. The number of nitrogens with two attached hydrogens (primary N) is 4. The molecule has 0 aromatic carbocycles. The number of guanidine groups is 1. The number of carboxylic acids is 1. The Bertz CT molecular complexity index is 1080. The van der Waals surface area contributed by atoms with Crippen molar-refractivity contribution >= 4 is 47.4 Å². The van der Waals surface area contributed by atoms with E-state index < -0.39 is 72.1 Å². The highest BCUT2D eigenvalue weighted by atomic mass is 16.4. The molecule has 1 heterocycles. The predicted molar refractivity (Wildman–Crippen MR) is 158 cm³/mol. The summed E-state index contributed by atoms with van der Waals surface area (Å²) in [6.45, 7) is 3.23. The van der Waals surface area contributed by atoms with Gasteiger partial charge in [0.15, 0.2) is 5.96 Å². The summed E-state index contributed by atoms with van der Waals surface area (Å²) in [5, 5.41) is 19.3. The van der Waals surface area contributed by atoms with Crippen molar-refractivity contribution in [2.45, 2.75) is 83.0 Å². The van der Waals surface area contributed by atoms with E-state index in [4.69, 9.17) is 22.9 Å². The van der Waals surface area contributed by atoms with Crippen molar-refractivity contribution in [2.75, 3.05) is 26.2 Å². The van der Waals surface area contributed by atoms with Crippen LogP contribution in [0, 0.1) is 5.92 Å². The van der Waals surface area contributed by atoms with Crippen molar-refractivity contribution in [3.8, 4) is 0 Å². The number of aliphatic imine (C=N–C) groups is 1. The van der Waals surface area contributed by atoms with Crippen molar-refractivity contribution in [1.82, 2.24) is 26.2 Å². The van der Waals surface area contributed by atoms with Gasteiger partial charge in [0.2, 0.25) is 35.4 Å². The minimum absolute atomic E-state index is 0.0354. The van der Waals surface area contributed by atoms with Crippen LogP contribution in [0.5, 0.6) is 0 Å². The first-order valence-electron chi connectivity index (χ1n) is 14.4. The number of hydrogen-bond acceptors (Lipinski definition) is 9. The third-order valence-corrected chi connectivity index (χ3v) is 6.70. The molecule has 0 aromatic heterocycles. The average molecular weight is 627 g/mol. The summed E-state index contributed by atoms with van der Waals surface area (Å²) >= 11 is 0. The Kier molecular flexibility index (Phi) is 16.2. The summed E-state index contributed by atoms with van der Waals surface area (Å²) in [5.74, 6) is -5.51. The molecule has 0 spiro atoms. The second kappa shape index (κ2) is 18.9. The largest absolute Gasteiger partial charge is 0.480 e. The van der Waals surface area contributed by atoms with Crippen LogP contribution in [-0.4, -0.2) is 108 Å². The molecule has 44 heavy (non-hydrogen) atoms. The van der Waals surface area contributed by atoms with Crippen LogP contribution in [0.1, 0.15) is 58.8 Å². The summed E-state index contributed by atoms with van der Waals surface area (Å²) < 4.78 is 0. The number of nitrogens with one attached hydrogen (secondary N) is 4. The SMILES string of the molecule is CC(C)C[C@H](NC(=O)CNC(=O)[C@H](CCC(N)=O)NC(=O)[C@@H]1CCCN1C(=O)CN)C(=O)N[C@@H](CCCN=C(N)N)C(=O)O. The van der Waals surface area contributed by atoms with Crippen molar-refractivity contribution in [1.29, 1.82) is 0 Å². The van der Waals surface area contributed by atoms with Gasteiger partial charge in [-0.3, -0.25) is 33.8 Å². The summed E-state index contributed by atoms with van der Waals surface area (Å²) in [4.78, 5) is 91.7. The van der Waals surface area contributed by atoms with E-state index in [0.717, 1.165) is 0 Å². The summed E-state index contributed by atoms with van der Waals surface area (Å²) in [6.07, 6.45) is 1.01. The van der Waals surface area contributed by atoms with Crippen LogP contribution in [0.2, 0.25) is 0 Å². The summed E-state index contributed by atoms with van der Waals surface area (Å²) in [7, 11) is 0. The van der Waals surface area contributed by atoms with Crippen LogP contribution in [0.25, 0.3) is 0 Å². The average Bonchev–Trinajstić information content (AvgIpc) is 3.44. The lowest BCUT2D eigenvalue weighted by atomic mass is 10.0. The van der Waals surface area contributed by atoms with Gasteiger partial charge >= 0.3 is 5.97 Å². The lowest BCUT2D eigenvalue weighted by Gasteiger charge is -2.26. The van der Waals surface area contributed by atoms with E-state index in [1.54, 1.807) is 13.8 Å². The highest BCUT2D eigenvalue weighted by molar-refractivity contribution is 5.95. The van der Waals surface area contributed by atoms with E-state index in [-0.39, 0.29) is 57.1 Å². The lowest BCUT2D eigenvalue weighted by molar-refractivity contribution is -0.142. The number of aliphatic carboxylic acids is 1. The highest BCUT2D eigenvalue weighted by Crippen LogP contribution is 2.18. The number of carboxylic acid groups (broad SMARTS) is 1. The molecule has 1 aliphatic rings. The lowest BCUT2D eigenvalue weighted by Crippen LogP contribution is -2.56. The number of primary amides is 1. The Labute approximate surface area is 255 Å². The normalized spacial score (nSPS) is 16.3. The Hall–Kier alpha value is -4.48. The molecule has 1 saturated heterocycles.